The molecule has 1 aromatic carbocycles. The maximum Gasteiger partial charge on any atom is 0.328 e. The predicted octanol–water partition coefficient (Wildman–Crippen LogP) is 0.582. The lowest BCUT2D eigenvalue weighted by Crippen LogP contribution is -2.43. The third kappa shape index (κ3) is 4.26. The number of carbonyl (C=O) groups is 2. The molecule has 0 spiro atoms. The summed E-state index contributed by atoms with van der Waals surface area (Å²) in [6, 6.07) is 5.83. The van der Waals surface area contributed by atoms with Crippen LogP contribution in [-0.4, -0.2) is 50.8 Å². The molecular formula is C13H18N2O4. The molecule has 2 N–H and O–H groups in total. The number of rotatable bonds is 6. The second-order valence-corrected chi connectivity index (χ2v) is 4.26. The number of anilines is 1. The first kappa shape index (κ1) is 15.0. The van der Waals surface area contributed by atoms with Gasteiger partial charge in [-0.2, -0.15) is 0 Å². The molecular weight excluding hydrogens is 248 g/mol. The van der Waals surface area contributed by atoms with E-state index in [0.717, 1.165) is 5.69 Å². The maximum atomic E-state index is 11.9. The second kappa shape index (κ2) is 6.75. The van der Waals surface area contributed by atoms with Gasteiger partial charge in [0.2, 0.25) is 0 Å². The van der Waals surface area contributed by atoms with Gasteiger partial charge in [-0.1, -0.05) is 0 Å². The Morgan fingerprint density at radius 3 is 2.32 bits per heavy atom. The third-order valence-corrected chi connectivity index (χ3v) is 2.58. The van der Waals surface area contributed by atoms with Crippen molar-refractivity contribution in [3.63, 3.8) is 0 Å². The summed E-state index contributed by atoms with van der Waals surface area (Å²) in [6.07, 6.45) is 0. The predicted molar refractivity (Wildman–Crippen MR) is 71.5 cm³/mol. The standard InChI is InChI=1S/C13H18N2O4/c1-15(2)10-6-4-9(5-7-10)12(16)14-11(8-19-3)13(17)18/h4-7,11H,8H2,1-3H3,(H,14,16)(H,17,18). The lowest BCUT2D eigenvalue weighted by atomic mass is 10.1. The monoisotopic (exact) mass is 266 g/mol. The molecule has 1 atom stereocenters. The topological polar surface area (TPSA) is 78.9 Å². The molecule has 1 amide bonds. The maximum absolute atomic E-state index is 11.9. The van der Waals surface area contributed by atoms with Gasteiger partial charge in [-0.05, 0) is 24.3 Å². The van der Waals surface area contributed by atoms with E-state index in [-0.39, 0.29) is 6.61 Å². The zero-order valence-corrected chi connectivity index (χ0v) is 11.2. The molecule has 0 aromatic heterocycles. The Hall–Kier alpha value is -2.08. The van der Waals surface area contributed by atoms with Crippen LogP contribution in [0.1, 0.15) is 10.4 Å². The van der Waals surface area contributed by atoms with Crippen molar-refractivity contribution in [1.82, 2.24) is 5.32 Å². The van der Waals surface area contributed by atoms with Crippen LogP contribution in [0.5, 0.6) is 0 Å². The molecule has 0 heterocycles. The number of nitrogens with zero attached hydrogens (tertiary/aromatic N) is 1. The van der Waals surface area contributed by atoms with Gasteiger partial charge in [-0.25, -0.2) is 4.79 Å². The van der Waals surface area contributed by atoms with Crippen molar-refractivity contribution >= 4 is 17.6 Å². The van der Waals surface area contributed by atoms with E-state index in [1.807, 2.05) is 19.0 Å². The molecule has 0 aliphatic rings. The Labute approximate surface area is 112 Å². The van der Waals surface area contributed by atoms with Gasteiger partial charge < -0.3 is 20.1 Å². The van der Waals surface area contributed by atoms with E-state index in [4.69, 9.17) is 9.84 Å². The van der Waals surface area contributed by atoms with Crippen LogP contribution in [0.3, 0.4) is 0 Å². The van der Waals surface area contributed by atoms with Gasteiger partial charge in [0.25, 0.3) is 5.91 Å². The summed E-state index contributed by atoms with van der Waals surface area (Å²) < 4.78 is 4.75. The number of nitrogens with one attached hydrogen (secondary N) is 1. The van der Waals surface area contributed by atoms with E-state index >= 15 is 0 Å². The fourth-order valence-corrected chi connectivity index (χ4v) is 1.49. The molecule has 0 saturated heterocycles. The minimum Gasteiger partial charge on any atom is -0.480 e. The Morgan fingerprint density at radius 2 is 1.89 bits per heavy atom. The number of methoxy groups -OCH3 is 1. The molecule has 1 aromatic rings. The fourth-order valence-electron chi connectivity index (χ4n) is 1.49. The summed E-state index contributed by atoms with van der Waals surface area (Å²) in [4.78, 5) is 24.7. The molecule has 1 unspecified atom stereocenters. The molecule has 6 nitrogen and oxygen atoms in total. The molecule has 104 valence electrons. The van der Waals surface area contributed by atoms with Crippen LogP contribution >= 0.6 is 0 Å². The molecule has 0 saturated carbocycles. The molecule has 0 fully saturated rings. The van der Waals surface area contributed by atoms with Crippen LogP contribution in [0.15, 0.2) is 24.3 Å². The number of hydrogen-bond donors (Lipinski definition) is 2. The summed E-state index contributed by atoms with van der Waals surface area (Å²) in [6.45, 7) is -0.0726. The van der Waals surface area contributed by atoms with Crippen molar-refractivity contribution in [2.75, 3.05) is 32.7 Å². The molecule has 0 aliphatic carbocycles. The number of carboxylic acid groups (broad SMARTS) is 1. The summed E-state index contributed by atoms with van der Waals surface area (Å²) in [5, 5.41) is 11.3. The van der Waals surface area contributed by atoms with Gasteiger partial charge in [0.15, 0.2) is 6.04 Å². The SMILES string of the molecule is COCC(NC(=O)c1ccc(N(C)C)cc1)C(=O)O. The number of carbonyl (C=O) groups excluding carboxylic acids is 1. The number of aliphatic carboxylic acids is 1. The summed E-state index contributed by atoms with van der Waals surface area (Å²) in [5.41, 5.74) is 1.37. The largest absolute Gasteiger partial charge is 0.480 e. The summed E-state index contributed by atoms with van der Waals surface area (Å²) in [7, 11) is 5.18. The zero-order valence-electron chi connectivity index (χ0n) is 11.2. The van der Waals surface area contributed by atoms with Gasteiger partial charge in [0.1, 0.15) is 0 Å². The Balaban J connectivity index is 2.74. The van der Waals surface area contributed by atoms with Crippen molar-refractivity contribution in [2.24, 2.45) is 0 Å². The highest BCUT2D eigenvalue weighted by molar-refractivity contribution is 5.96. The minimum atomic E-state index is -1.12. The molecule has 0 bridgehead atoms. The summed E-state index contributed by atoms with van der Waals surface area (Å²) >= 11 is 0. The molecule has 6 heteroatoms. The number of hydrogen-bond acceptors (Lipinski definition) is 4. The number of carboxylic acids is 1. The highest BCUT2D eigenvalue weighted by atomic mass is 16.5. The van der Waals surface area contributed by atoms with Crippen molar-refractivity contribution in [2.45, 2.75) is 6.04 Å². The smallest absolute Gasteiger partial charge is 0.328 e. The van der Waals surface area contributed by atoms with Crippen molar-refractivity contribution in [1.29, 1.82) is 0 Å². The Bertz CT molecular complexity index is 442. The third-order valence-electron chi connectivity index (χ3n) is 2.58. The van der Waals surface area contributed by atoms with E-state index < -0.39 is 17.9 Å². The van der Waals surface area contributed by atoms with Crippen LogP contribution in [0.25, 0.3) is 0 Å². The van der Waals surface area contributed by atoms with Crippen LogP contribution < -0.4 is 10.2 Å². The molecule has 1 rings (SSSR count). The van der Waals surface area contributed by atoms with E-state index in [1.54, 1.807) is 24.3 Å². The normalized spacial score (nSPS) is 11.7. The fraction of sp³-hybridized carbons (Fsp3) is 0.385. The quantitative estimate of drug-likeness (QED) is 0.787. The van der Waals surface area contributed by atoms with Gasteiger partial charge >= 0.3 is 5.97 Å². The summed E-state index contributed by atoms with van der Waals surface area (Å²) in [5.74, 6) is -1.56. The lowest BCUT2D eigenvalue weighted by molar-refractivity contribution is -0.140. The van der Waals surface area contributed by atoms with Gasteiger partial charge in [0.05, 0.1) is 6.61 Å². The van der Waals surface area contributed by atoms with E-state index in [1.165, 1.54) is 7.11 Å². The highest BCUT2D eigenvalue weighted by Crippen LogP contribution is 2.12. The number of benzene rings is 1. The van der Waals surface area contributed by atoms with Crippen LogP contribution in [0, 0.1) is 0 Å². The highest BCUT2D eigenvalue weighted by Gasteiger charge is 2.20. The van der Waals surface area contributed by atoms with E-state index in [0.29, 0.717) is 5.56 Å². The Morgan fingerprint density at radius 1 is 1.32 bits per heavy atom. The average molecular weight is 266 g/mol. The van der Waals surface area contributed by atoms with Gasteiger partial charge in [0, 0.05) is 32.5 Å². The van der Waals surface area contributed by atoms with Crippen LogP contribution in [0.2, 0.25) is 0 Å². The zero-order chi connectivity index (χ0) is 14.4. The first-order valence-electron chi connectivity index (χ1n) is 5.75. The minimum absolute atomic E-state index is 0.0726. The molecule has 19 heavy (non-hydrogen) atoms. The molecule has 0 radical (unpaired) electrons. The van der Waals surface area contributed by atoms with Crippen LogP contribution in [0.4, 0.5) is 5.69 Å². The lowest BCUT2D eigenvalue weighted by Gasteiger charge is -2.15. The Kier molecular flexibility index (Phi) is 5.32. The van der Waals surface area contributed by atoms with E-state index in [9.17, 15) is 9.59 Å². The average Bonchev–Trinajstić information content (AvgIpc) is 2.38. The second-order valence-electron chi connectivity index (χ2n) is 4.26. The van der Waals surface area contributed by atoms with Crippen LogP contribution in [-0.2, 0) is 9.53 Å². The van der Waals surface area contributed by atoms with Crippen molar-refractivity contribution in [3.8, 4) is 0 Å². The van der Waals surface area contributed by atoms with E-state index in [2.05, 4.69) is 5.32 Å². The first-order chi connectivity index (χ1) is 8.95. The van der Waals surface area contributed by atoms with Crippen molar-refractivity contribution in [3.05, 3.63) is 29.8 Å². The first-order valence-corrected chi connectivity index (χ1v) is 5.75. The number of ether oxygens (including phenoxy) is 1. The molecule has 0 aliphatic heterocycles. The number of amides is 1. The van der Waals surface area contributed by atoms with Gasteiger partial charge in [-0.3, -0.25) is 4.79 Å². The van der Waals surface area contributed by atoms with Gasteiger partial charge in [-0.15, -0.1) is 0 Å². The van der Waals surface area contributed by atoms with Crippen molar-refractivity contribution < 1.29 is 19.4 Å².